The molecular weight excluding hydrogens is 463 g/mol. The second kappa shape index (κ2) is 13.1. The molecule has 0 saturated carbocycles. The van der Waals surface area contributed by atoms with E-state index >= 15 is 0 Å². The highest BCUT2D eigenvalue weighted by Gasteiger charge is 2.09. The Morgan fingerprint density at radius 1 is 1.35 bits per heavy atom. The molecule has 0 unspecified atom stereocenters. The summed E-state index contributed by atoms with van der Waals surface area (Å²) in [7, 11) is 0.169. The molecule has 0 spiro atoms. The molecule has 148 valence electrons. The van der Waals surface area contributed by atoms with Gasteiger partial charge in [-0.15, -0.1) is 30.6 Å². The fourth-order valence-corrected chi connectivity index (χ4v) is 3.09. The van der Waals surface area contributed by atoms with Gasteiger partial charge in [-0.05, 0) is 37.9 Å². The fourth-order valence-electron chi connectivity index (χ4n) is 2.32. The van der Waals surface area contributed by atoms with E-state index in [0.29, 0.717) is 6.54 Å². The van der Waals surface area contributed by atoms with Crippen LogP contribution in [0.5, 0.6) is 0 Å². The van der Waals surface area contributed by atoms with Crippen LogP contribution in [0, 0.1) is 0 Å². The number of halogens is 1. The number of hydrogen-bond donors (Lipinski definition) is 2. The Bertz CT molecular complexity index is 678. The zero-order chi connectivity index (χ0) is 18.7. The molecule has 0 saturated heterocycles. The van der Waals surface area contributed by atoms with Gasteiger partial charge in [-0.25, -0.2) is 18.1 Å². The Labute approximate surface area is 175 Å². The maximum absolute atomic E-state index is 11.7. The van der Waals surface area contributed by atoms with Crippen LogP contribution in [0.25, 0.3) is 0 Å². The minimum absolute atomic E-state index is 0. The van der Waals surface area contributed by atoms with E-state index in [1.807, 2.05) is 44.3 Å². The second-order valence-electron chi connectivity index (χ2n) is 5.81. The van der Waals surface area contributed by atoms with Crippen LogP contribution in [0.3, 0.4) is 0 Å². The minimum Gasteiger partial charge on any atom is -0.357 e. The molecule has 0 atom stereocenters. The summed E-state index contributed by atoms with van der Waals surface area (Å²) < 4.78 is 25.7. The summed E-state index contributed by atoms with van der Waals surface area (Å²) in [5, 5.41) is 3.29. The monoisotopic (exact) mass is 494 g/mol. The first-order chi connectivity index (χ1) is 11.9. The molecule has 0 fully saturated rings. The SMILES string of the molecule is C=CCCCN(C)C(=NCc1cccc(CS(=O)(=O)NC)c1)NCC.I. The van der Waals surface area contributed by atoms with Crippen molar-refractivity contribution in [3.8, 4) is 0 Å². The smallest absolute Gasteiger partial charge is 0.215 e. The van der Waals surface area contributed by atoms with Crippen LogP contribution in [-0.4, -0.2) is 46.5 Å². The normalized spacial score (nSPS) is 11.6. The minimum atomic E-state index is -3.27. The molecule has 6 nitrogen and oxygen atoms in total. The molecule has 0 aromatic heterocycles. The Morgan fingerprint density at radius 2 is 2.04 bits per heavy atom. The lowest BCUT2D eigenvalue weighted by molar-refractivity contribution is 0.470. The Balaban J connectivity index is 0.00000625. The number of benzene rings is 1. The zero-order valence-corrected chi connectivity index (χ0v) is 19.0. The zero-order valence-electron chi connectivity index (χ0n) is 15.9. The number of allylic oxidation sites excluding steroid dienone is 1. The van der Waals surface area contributed by atoms with Crippen molar-refractivity contribution in [2.75, 3.05) is 27.2 Å². The van der Waals surface area contributed by atoms with Gasteiger partial charge in [0.2, 0.25) is 10.0 Å². The molecule has 0 heterocycles. The van der Waals surface area contributed by atoms with Crippen molar-refractivity contribution < 1.29 is 8.42 Å². The van der Waals surface area contributed by atoms with Gasteiger partial charge >= 0.3 is 0 Å². The van der Waals surface area contributed by atoms with Crippen molar-refractivity contribution >= 4 is 40.0 Å². The molecule has 1 aromatic rings. The van der Waals surface area contributed by atoms with Gasteiger partial charge in [-0.2, -0.15) is 0 Å². The predicted octanol–water partition coefficient (Wildman–Crippen LogP) is 2.72. The van der Waals surface area contributed by atoms with Gasteiger partial charge in [0.05, 0.1) is 12.3 Å². The summed E-state index contributed by atoms with van der Waals surface area (Å²) in [5.41, 5.74) is 1.74. The molecule has 0 radical (unpaired) electrons. The average Bonchev–Trinajstić information content (AvgIpc) is 2.58. The number of nitrogens with one attached hydrogen (secondary N) is 2. The standard InChI is InChI=1S/C18H30N4O2S.HI/c1-5-7-8-12-22(4)18(20-6-2)21-14-16-10-9-11-17(13-16)15-25(23,24)19-3;/h5,9-11,13,19H,1,6-8,12,14-15H2,2-4H3,(H,20,21);1H. The van der Waals surface area contributed by atoms with Gasteiger partial charge in [0.15, 0.2) is 5.96 Å². The summed E-state index contributed by atoms with van der Waals surface area (Å²) in [6, 6.07) is 7.53. The number of aliphatic imine (C=N–C) groups is 1. The third-order valence-corrected chi connectivity index (χ3v) is 5.00. The Hall–Kier alpha value is -1.13. The van der Waals surface area contributed by atoms with Crippen LogP contribution in [0.2, 0.25) is 0 Å². The lowest BCUT2D eigenvalue weighted by Gasteiger charge is -2.21. The van der Waals surface area contributed by atoms with Crippen LogP contribution in [0.4, 0.5) is 0 Å². The molecule has 0 bridgehead atoms. The van der Waals surface area contributed by atoms with Crippen LogP contribution >= 0.6 is 24.0 Å². The third kappa shape index (κ3) is 9.54. The van der Waals surface area contributed by atoms with Crippen molar-refractivity contribution in [3.63, 3.8) is 0 Å². The van der Waals surface area contributed by atoms with Gasteiger partial charge < -0.3 is 10.2 Å². The van der Waals surface area contributed by atoms with Crippen molar-refractivity contribution in [1.29, 1.82) is 0 Å². The highest BCUT2D eigenvalue weighted by molar-refractivity contribution is 14.0. The largest absolute Gasteiger partial charge is 0.357 e. The molecular formula is C18H31IN4O2S. The maximum atomic E-state index is 11.7. The van der Waals surface area contributed by atoms with E-state index in [9.17, 15) is 8.42 Å². The molecule has 26 heavy (non-hydrogen) atoms. The van der Waals surface area contributed by atoms with E-state index < -0.39 is 10.0 Å². The lowest BCUT2D eigenvalue weighted by atomic mass is 10.1. The molecule has 1 rings (SSSR count). The first-order valence-electron chi connectivity index (χ1n) is 8.51. The maximum Gasteiger partial charge on any atom is 0.215 e. The van der Waals surface area contributed by atoms with Crippen molar-refractivity contribution in [3.05, 3.63) is 48.0 Å². The average molecular weight is 494 g/mol. The number of unbranched alkanes of at least 4 members (excludes halogenated alkanes) is 1. The van der Waals surface area contributed by atoms with E-state index in [-0.39, 0.29) is 29.7 Å². The van der Waals surface area contributed by atoms with E-state index in [4.69, 9.17) is 0 Å². The van der Waals surface area contributed by atoms with Crippen LogP contribution in [0.15, 0.2) is 41.9 Å². The molecule has 8 heteroatoms. The molecule has 1 aromatic carbocycles. The molecule has 0 aliphatic heterocycles. The van der Waals surface area contributed by atoms with Gasteiger partial charge in [0.25, 0.3) is 0 Å². The number of sulfonamides is 1. The Kier molecular flexibility index (Phi) is 12.5. The molecule has 0 aliphatic carbocycles. The predicted molar refractivity (Wildman–Crippen MR) is 120 cm³/mol. The summed E-state index contributed by atoms with van der Waals surface area (Å²) in [6.45, 7) is 7.98. The van der Waals surface area contributed by atoms with Crippen LogP contribution in [0.1, 0.15) is 30.9 Å². The quantitative estimate of drug-likeness (QED) is 0.173. The second-order valence-corrected chi connectivity index (χ2v) is 7.73. The number of rotatable bonds is 10. The highest BCUT2D eigenvalue weighted by atomic mass is 127. The van der Waals surface area contributed by atoms with Gasteiger partial charge in [0.1, 0.15) is 0 Å². The summed E-state index contributed by atoms with van der Waals surface area (Å²) in [6.07, 6.45) is 3.93. The van der Waals surface area contributed by atoms with Crippen LogP contribution in [-0.2, 0) is 22.3 Å². The Morgan fingerprint density at radius 3 is 2.65 bits per heavy atom. The highest BCUT2D eigenvalue weighted by Crippen LogP contribution is 2.10. The van der Waals surface area contributed by atoms with Crippen molar-refractivity contribution in [1.82, 2.24) is 14.9 Å². The number of nitrogens with zero attached hydrogens (tertiary/aromatic N) is 2. The summed E-state index contributed by atoms with van der Waals surface area (Å²) in [4.78, 5) is 6.76. The van der Waals surface area contributed by atoms with E-state index in [0.717, 1.165) is 43.0 Å². The first kappa shape index (κ1) is 24.9. The van der Waals surface area contributed by atoms with Gasteiger partial charge in [-0.1, -0.05) is 30.3 Å². The van der Waals surface area contributed by atoms with E-state index in [1.165, 1.54) is 7.05 Å². The molecule has 0 amide bonds. The number of hydrogen-bond acceptors (Lipinski definition) is 3. The molecule has 2 N–H and O–H groups in total. The van der Waals surface area contributed by atoms with Crippen molar-refractivity contribution in [2.24, 2.45) is 4.99 Å². The first-order valence-corrected chi connectivity index (χ1v) is 10.2. The van der Waals surface area contributed by atoms with E-state index in [2.05, 4.69) is 26.5 Å². The lowest BCUT2D eigenvalue weighted by Crippen LogP contribution is -2.39. The van der Waals surface area contributed by atoms with Crippen LogP contribution < -0.4 is 10.0 Å². The number of guanidine groups is 1. The summed E-state index contributed by atoms with van der Waals surface area (Å²) >= 11 is 0. The van der Waals surface area contributed by atoms with Gasteiger partial charge in [0, 0.05) is 20.1 Å². The molecule has 0 aliphatic rings. The van der Waals surface area contributed by atoms with E-state index in [1.54, 1.807) is 0 Å². The third-order valence-electron chi connectivity index (χ3n) is 3.67. The topological polar surface area (TPSA) is 73.8 Å². The summed E-state index contributed by atoms with van der Waals surface area (Å²) in [5.74, 6) is 0.822. The van der Waals surface area contributed by atoms with Gasteiger partial charge in [-0.3, -0.25) is 0 Å². The fraction of sp³-hybridized carbons (Fsp3) is 0.500. The van der Waals surface area contributed by atoms with Crippen molar-refractivity contribution in [2.45, 2.75) is 32.1 Å².